The van der Waals surface area contributed by atoms with Crippen molar-refractivity contribution >= 4 is 23.0 Å². The molecule has 8 nitrogen and oxygen atoms in total. The Morgan fingerprint density at radius 2 is 1.72 bits per heavy atom. The highest BCUT2D eigenvalue weighted by molar-refractivity contribution is 5.99. The molecule has 0 heterocycles. The van der Waals surface area contributed by atoms with Gasteiger partial charge in [-0.15, -0.1) is 0 Å². The van der Waals surface area contributed by atoms with Gasteiger partial charge in [-0.25, -0.2) is 0 Å². The van der Waals surface area contributed by atoms with Crippen LogP contribution in [0.4, 0.5) is 17.1 Å². The number of phenols is 1. The minimum Gasteiger partial charge on any atom is -0.505 e. The van der Waals surface area contributed by atoms with Crippen molar-refractivity contribution in [1.82, 2.24) is 4.90 Å². The van der Waals surface area contributed by atoms with Crippen molar-refractivity contribution in [2.45, 2.75) is 26.0 Å². The summed E-state index contributed by atoms with van der Waals surface area (Å²) in [6, 6.07) is 14.2. The number of nitrogens with zero attached hydrogens (tertiary/aromatic N) is 1. The van der Waals surface area contributed by atoms with Crippen molar-refractivity contribution in [2.24, 2.45) is 0 Å². The first-order valence-electron chi connectivity index (χ1n) is 10.4. The van der Waals surface area contributed by atoms with E-state index in [2.05, 4.69) is 10.6 Å². The average Bonchev–Trinajstić information content (AvgIpc) is 2.80. The van der Waals surface area contributed by atoms with Crippen molar-refractivity contribution < 1.29 is 14.6 Å². The smallest absolute Gasteiger partial charge is 0.257 e. The average molecular weight is 437 g/mol. The lowest BCUT2D eigenvalue weighted by molar-refractivity contribution is 0.0824. The monoisotopic (exact) mass is 437 g/mol. The maximum absolute atomic E-state index is 12.2. The van der Waals surface area contributed by atoms with E-state index >= 15 is 0 Å². The van der Waals surface area contributed by atoms with E-state index in [1.807, 2.05) is 37.3 Å². The summed E-state index contributed by atoms with van der Waals surface area (Å²) in [4.78, 5) is 37.9. The van der Waals surface area contributed by atoms with E-state index in [1.165, 1.54) is 17.0 Å². The maximum Gasteiger partial charge on any atom is 0.257 e. The summed E-state index contributed by atoms with van der Waals surface area (Å²) in [6.45, 7) is 2.74. The first-order valence-corrected chi connectivity index (χ1v) is 10.4. The van der Waals surface area contributed by atoms with Crippen molar-refractivity contribution in [2.75, 3.05) is 31.3 Å². The molecule has 0 aliphatic carbocycles. The molecule has 0 fully saturated rings. The molecule has 0 aromatic heterocycles. The zero-order valence-electron chi connectivity index (χ0n) is 18.3. The fourth-order valence-electron chi connectivity index (χ4n) is 3.20. The van der Waals surface area contributed by atoms with Gasteiger partial charge < -0.3 is 25.4 Å². The summed E-state index contributed by atoms with van der Waals surface area (Å²) in [6.07, 6.45) is 0.672. The first-order chi connectivity index (χ1) is 15.3. The van der Waals surface area contributed by atoms with Crippen LogP contribution >= 0.6 is 0 Å². The molecule has 0 aliphatic heterocycles. The Morgan fingerprint density at radius 1 is 1.03 bits per heavy atom. The minimum atomic E-state index is -0.684. The van der Waals surface area contributed by atoms with Crippen LogP contribution in [0, 0.1) is 0 Å². The van der Waals surface area contributed by atoms with E-state index in [0.717, 1.165) is 5.56 Å². The van der Waals surface area contributed by atoms with Gasteiger partial charge in [-0.2, -0.15) is 0 Å². The molecule has 3 rings (SSSR count). The zero-order chi connectivity index (χ0) is 23.3. The van der Waals surface area contributed by atoms with Gasteiger partial charge in [0.2, 0.25) is 0 Å². The second-order valence-corrected chi connectivity index (χ2v) is 7.68. The van der Waals surface area contributed by atoms with Gasteiger partial charge in [-0.05, 0) is 24.1 Å². The van der Waals surface area contributed by atoms with Crippen molar-refractivity contribution in [3.8, 4) is 5.75 Å². The molecule has 0 unspecified atom stereocenters. The van der Waals surface area contributed by atoms with Gasteiger partial charge in [-0.1, -0.05) is 43.3 Å². The van der Waals surface area contributed by atoms with Gasteiger partial charge in [-0.3, -0.25) is 14.4 Å². The normalized spacial score (nSPS) is 11.8. The highest BCUT2D eigenvalue weighted by Crippen LogP contribution is 2.32. The van der Waals surface area contributed by atoms with Crippen LogP contribution in [0.3, 0.4) is 0 Å². The number of nitrogens with one attached hydrogen (secondary N) is 2. The van der Waals surface area contributed by atoms with Crippen LogP contribution in [0.5, 0.6) is 5.75 Å². The second kappa shape index (κ2) is 10.1. The summed E-state index contributed by atoms with van der Waals surface area (Å²) >= 11 is 0. The Bertz CT molecular complexity index is 1150. The Morgan fingerprint density at radius 3 is 2.38 bits per heavy atom. The van der Waals surface area contributed by atoms with Crippen molar-refractivity contribution in [3.63, 3.8) is 0 Å². The lowest BCUT2D eigenvalue weighted by Crippen LogP contribution is -2.40. The Hall–Kier alpha value is -3.65. The molecule has 8 heteroatoms. The number of carbonyl (C=O) groups is 1. The van der Waals surface area contributed by atoms with Crippen molar-refractivity contribution in [1.29, 1.82) is 0 Å². The summed E-state index contributed by atoms with van der Waals surface area (Å²) < 4.78 is 5.76. The highest BCUT2D eigenvalue weighted by Gasteiger charge is 2.25. The van der Waals surface area contributed by atoms with E-state index in [9.17, 15) is 19.5 Å². The maximum atomic E-state index is 12.2. The second-order valence-electron chi connectivity index (χ2n) is 7.68. The number of para-hydroxylation sites is 1. The van der Waals surface area contributed by atoms with Crippen LogP contribution in [0.15, 0.2) is 58.1 Å². The number of benzene rings is 2. The Balaban J connectivity index is 1.71. The number of amides is 1. The summed E-state index contributed by atoms with van der Waals surface area (Å²) in [5, 5.41) is 16.4. The first kappa shape index (κ1) is 23.0. The van der Waals surface area contributed by atoms with Gasteiger partial charge in [0.15, 0.2) is 5.75 Å². The standard InChI is InChI=1S/C24H27N3O5/c1-4-16(14-32-13-15-9-6-5-7-10-15)25-19-20(23(30)22(19)29)26-18-12-8-11-17(21(18)28)24(31)27(2)3/h5-12,16,25-26,28H,4,13-14H2,1-3H3/t16-/m1/s1. The molecule has 3 N–H and O–H groups in total. The van der Waals surface area contributed by atoms with Crippen LogP contribution in [-0.2, 0) is 11.3 Å². The number of anilines is 3. The fourth-order valence-corrected chi connectivity index (χ4v) is 3.20. The van der Waals surface area contributed by atoms with Gasteiger partial charge in [0.05, 0.1) is 24.5 Å². The Labute approximate surface area is 186 Å². The molecule has 0 spiro atoms. The van der Waals surface area contributed by atoms with Crippen LogP contribution in [0.25, 0.3) is 0 Å². The molecule has 1 amide bonds. The van der Waals surface area contributed by atoms with E-state index in [1.54, 1.807) is 20.2 Å². The predicted molar refractivity (Wildman–Crippen MR) is 125 cm³/mol. The predicted octanol–water partition coefficient (Wildman–Crippen LogP) is 2.84. The fraction of sp³-hybridized carbons (Fsp3) is 0.292. The molecule has 0 saturated heterocycles. The number of rotatable bonds is 10. The molecular formula is C24H27N3O5. The highest BCUT2D eigenvalue weighted by atomic mass is 16.5. The third-order valence-corrected chi connectivity index (χ3v) is 5.11. The number of hydrogen-bond acceptors (Lipinski definition) is 7. The van der Waals surface area contributed by atoms with Crippen LogP contribution in [0.1, 0.15) is 29.3 Å². The number of phenolic OH excluding ortho intramolecular Hbond substituents is 1. The number of aromatic hydroxyl groups is 1. The number of ether oxygens (including phenoxy) is 1. The molecule has 0 radical (unpaired) electrons. The zero-order valence-corrected chi connectivity index (χ0v) is 18.3. The van der Waals surface area contributed by atoms with Gasteiger partial charge in [0.1, 0.15) is 11.4 Å². The largest absolute Gasteiger partial charge is 0.505 e. The Kier molecular flexibility index (Phi) is 7.27. The van der Waals surface area contributed by atoms with Gasteiger partial charge >= 0.3 is 0 Å². The third kappa shape index (κ3) is 4.97. The molecule has 0 aliphatic rings. The lowest BCUT2D eigenvalue weighted by atomic mass is 10.1. The molecule has 1 atom stereocenters. The van der Waals surface area contributed by atoms with E-state index < -0.39 is 10.9 Å². The van der Waals surface area contributed by atoms with Gasteiger partial charge in [0, 0.05) is 20.1 Å². The molecule has 0 bridgehead atoms. The summed E-state index contributed by atoms with van der Waals surface area (Å²) in [5.41, 5.74) is 0.192. The topological polar surface area (TPSA) is 108 Å². The van der Waals surface area contributed by atoms with E-state index in [-0.39, 0.29) is 40.3 Å². The SMILES string of the molecule is CC[C@H](COCc1ccccc1)Nc1c(Nc2cccc(C(=O)N(C)C)c2O)c(=O)c1=O. The van der Waals surface area contributed by atoms with E-state index in [4.69, 9.17) is 4.74 Å². The molecule has 32 heavy (non-hydrogen) atoms. The van der Waals surface area contributed by atoms with Crippen LogP contribution in [0.2, 0.25) is 0 Å². The molecule has 168 valence electrons. The minimum absolute atomic E-state index is 0.0567. The number of carbonyl (C=O) groups excluding carboxylic acids is 1. The lowest BCUT2D eigenvalue weighted by Gasteiger charge is -2.22. The molecule has 0 saturated carbocycles. The van der Waals surface area contributed by atoms with Crippen LogP contribution in [-0.4, -0.2) is 42.7 Å². The summed E-state index contributed by atoms with van der Waals surface area (Å²) in [5.74, 6) is -0.667. The third-order valence-electron chi connectivity index (χ3n) is 5.11. The van der Waals surface area contributed by atoms with E-state index in [0.29, 0.717) is 19.6 Å². The van der Waals surface area contributed by atoms with Crippen LogP contribution < -0.4 is 21.5 Å². The molecule has 3 aromatic carbocycles. The van der Waals surface area contributed by atoms with Gasteiger partial charge in [0.25, 0.3) is 16.8 Å². The number of hydrogen-bond donors (Lipinski definition) is 3. The summed E-state index contributed by atoms with van der Waals surface area (Å²) in [7, 11) is 3.15. The molecular weight excluding hydrogens is 410 g/mol. The van der Waals surface area contributed by atoms with Crippen molar-refractivity contribution in [3.05, 3.63) is 80.1 Å². The molecule has 3 aromatic rings. The quantitative estimate of drug-likeness (QED) is 0.331.